The minimum absolute atomic E-state index is 0.0969. The molecule has 0 heterocycles. The fraction of sp³-hybridized carbons (Fsp3) is 0.667. The molecule has 1 aliphatic carbocycles. The Morgan fingerprint density at radius 2 is 1.88 bits per heavy atom. The standard InChI is InChI=1S/C12H19NO3/c1-7(2)6-13(5)10(14)8-9(11(15)16)12(8,3)4/h8-9H,1,6H2,2-5H3,(H,15,16). The number of hydrogen-bond donors (Lipinski definition) is 1. The van der Waals surface area contributed by atoms with Gasteiger partial charge in [-0.2, -0.15) is 0 Å². The lowest BCUT2D eigenvalue weighted by Gasteiger charge is -2.17. The van der Waals surface area contributed by atoms with Crippen LogP contribution in [0.3, 0.4) is 0 Å². The average molecular weight is 225 g/mol. The fourth-order valence-corrected chi connectivity index (χ4v) is 2.28. The summed E-state index contributed by atoms with van der Waals surface area (Å²) in [6, 6.07) is 0. The van der Waals surface area contributed by atoms with E-state index in [1.165, 1.54) is 0 Å². The number of carboxylic acids is 1. The predicted molar refractivity (Wildman–Crippen MR) is 60.8 cm³/mol. The van der Waals surface area contributed by atoms with Gasteiger partial charge in [0.15, 0.2) is 0 Å². The summed E-state index contributed by atoms with van der Waals surface area (Å²) < 4.78 is 0. The second-order valence-corrected chi connectivity index (χ2v) is 5.27. The van der Waals surface area contributed by atoms with Crippen LogP contribution in [0.15, 0.2) is 12.2 Å². The molecule has 2 unspecified atom stereocenters. The van der Waals surface area contributed by atoms with Crippen molar-refractivity contribution in [1.82, 2.24) is 4.90 Å². The maximum absolute atomic E-state index is 12.0. The quantitative estimate of drug-likeness (QED) is 0.735. The number of carbonyl (C=O) groups excluding carboxylic acids is 1. The molecule has 1 aliphatic rings. The summed E-state index contributed by atoms with van der Waals surface area (Å²) in [5, 5.41) is 8.98. The third kappa shape index (κ3) is 2.10. The van der Waals surface area contributed by atoms with Gasteiger partial charge in [0.1, 0.15) is 0 Å². The van der Waals surface area contributed by atoms with Crippen LogP contribution in [0.1, 0.15) is 20.8 Å². The molecule has 1 saturated carbocycles. The second kappa shape index (κ2) is 3.92. The summed E-state index contributed by atoms with van der Waals surface area (Å²) in [6.07, 6.45) is 0. The minimum Gasteiger partial charge on any atom is -0.481 e. The van der Waals surface area contributed by atoms with Crippen LogP contribution in [-0.4, -0.2) is 35.5 Å². The van der Waals surface area contributed by atoms with Gasteiger partial charge in [0, 0.05) is 13.6 Å². The Hall–Kier alpha value is -1.32. The van der Waals surface area contributed by atoms with Crippen LogP contribution in [0.25, 0.3) is 0 Å². The number of likely N-dealkylation sites (N-methyl/N-ethyl adjacent to an activating group) is 1. The molecule has 0 aromatic rings. The van der Waals surface area contributed by atoms with Crippen molar-refractivity contribution < 1.29 is 14.7 Å². The largest absolute Gasteiger partial charge is 0.481 e. The predicted octanol–water partition coefficient (Wildman–Crippen LogP) is 1.38. The molecular weight excluding hydrogens is 206 g/mol. The highest BCUT2D eigenvalue weighted by Gasteiger charge is 2.66. The number of nitrogens with zero attached hydrogens (tertiary/aromatic N) is 1. The molecule has 0 aromatic heterocycles. The Morgan fingerprint density at radius 1 is 1.38 bits per heavy atom. The van der Waals surface area contributed by atoms with Crippen molar-refractivity contribution in [2.45, 2.75) is 20.8 Å². The Bertz CT molecular complexity index is 346. The van der Waals surface area contributed by atoms with Crippen molar-refractivity contribution in [3.8, 4) is 0 Å². The van der Waals surface area contributed by atoms with Crippen molar-refractivity contribution >= 4 is 11.9 Å². The first-order valence-corrected chi connectivity index (χ1v) is 5.31. The van der Waals surface area contributed by atoms with Crippen LogP contribution in [0, 0.1) is 17.3 Å². The van der Waals surface area contributed by atoms with Gasteiger partial charge in [-0.15, -0.1) is 0 Å². The summed E-state index contributed by atoms with van der Waals surface area (Å²) in [7, 11) is 1.68. The molecule has 0 spiro atoms. The zero-order valence-electron chi connectivity index (χ0n) is 10.3. The SMILES string of the molecule is C=C(C)CN(C)C(=O)C1C(C(=O)O)C1(C)C. The maximum atomic E-state index is 12.0. The molecule has 4 nitrogen and oxygen atoms in total. The van der Waals surface area contributed by atoms with Crippen LogP contribution >= 0.6 is 0 Å². The average Bonchev–Trinajstić information content (AvgIpc) is 2.66. The van der Waals surface area contributed by atoms with Gasteiger partial charge >= 0.3 is 5.97 Å². The number of amides is 1. The Balaban J connectivity index is 2.70. The first-order valence-electron chi connectivity index (χ1n) is 5.31. The number of rotatable bonds is 4. The minimum atomic E-state index is -0.882. The molecule has 1 amide bonds. The van der Waals surface area contributed by atoms with Crippen molar-refractivity contribution in [3.05, 3.63) is 12.2 Å². The van der Waals surface area contributed by atoms with E-state index in [-0.39, 0.29) is 5.91 Å². The topological polar surface area (TPSA) is 57.6 Å². The number of carbonyl (C=O) groups is 2. The molecule has 0 radical (unpaired) electrons. The maximum Gasteiger partial charge on any atom is 0.307 e. The van der Waals surface area contributed by atoms with Gasteiger partial charge in [-0.25, -0.2) is 0 Å². The van der Waals surface area contributed by atoms with Crippen molar-refractivity contribution in [1.29, 1.82) is 0 Å². The third-order valence-corrected chi connectivity index (χ3v) is 3.24. The van der Waals surface area contributed by atoms with Crippen LogP contribution in [0.5, 0.6) is 0 Å². The molecule has 1 rings (SSSR count). The van der Waals surface area contributed by atoms with Crippen LogP contribution in [0.2, 0.25) is 0 Å². The molecule has 0 aliphatic heterocycles. The van der Waals surface area contributed by atoms with Crippen LogP contribution < -0.4 is 0 Å². The van der Waals surface area contributed by atoms with Gasteiger partial charge < -0.3 is 10.0 Å². The summed E-state index contributed by atoms with van der Waals surface area (Å²) in [6.45, 7) is 9.71. The van der Waals surface area contributed by atoms with Gasteiger partial charge in [0.2, 0.25) is 5.91 Å². The van der Waals surface area contributed by atoms with E-state index in [0.717, 1.165) is 5.57 Å². The third-order valence-electron chi connectivity index (χ3n) is 3.24. The molecule has 0 saturated heterocycles. The molecule has 1 N–H and O–H groups in total. The molecule has 0 aromatic carbocycles. The van der Waals surface area contributed by atoms with Crippen molar-refractivity contribution in [3.63, 3.8) is 0 Å². The first-order chi connectivity index (χ1) is 7.19. The Kier molecular flexibility index (Phi) is 3.13. The van der Waals surface area contributed by atoms with Gasteiger partial charge in [-0.3, -0.25) is 9.59 Å². The van der Waals surface area contributed by atoms with E-state index in [9.17, 15) is 9.59 Å². The molecule has 4 heteroatoms. The summed E-state index contributed by atoms with van der Waals surface area (Å²) in [5.41, 5.74) is 0.466. The molecule has 1 fully saturated rings. The van der Waals surface area contributed by atoms with E-state index in [4.69, 9.17) is 5.11 Å². The smallest absolute Gasteiger partial charge is 0.307 e. The summed E-state index contributed by atoms with van der Waals surface area (Å²) >= 11 is 0. The Morgan fingerprint density at radius 3 is 2.19 bits per heavy atom. The van der Waals surface area contributed by atoms with E-state index in [1.807, 2.05) is 20.8 Å². The van der Waals surface area contributed by atoms with E-state index < -0.39 is 23.2 Å². The molecule has 0 bridgehead atoms. The summed E-state index contributed by atoms with van der Waals surface area (Å²) in [5.74, 6) is -1.92. The zero-order chi connectivity index (χ0) is 12.7. The van der Waals surface area contributed by atoms with Crippen LogP contribution in [0.4, 0.5) is 0 Å². The number of aliphatic carboxylic acids is 1. The zero-order valence-corrected chi connectivity index (χ0v) is 10.3. The fourth-order valence-electron chi connectivity index (χ4n) is 2.28. The Labute approximate surface area is 95.9 Å². The van der Waals surface area contributed by atoms with Gasteiger partial charge in [-0.1, -0.05) is 26.0 Å². The van der Waals surface area contributed by atoms with E-state index in [0.29, 0.717) is 6.54 Å². The summed E-state index contributed by atoms with van der Waals surface area (Å²) in [4.78, 5) is 24.5. The molecular formula is C12H19NO3. The number of hydrogen-bond acceptors (Lipinski definition) is 2. The van der Waals surface area contributed by atoms with Gasteiger partial charge in [0.05, 0.1) is 11.8 Å². The lowest BCUT2D eigenvalue weighted by Crippen LogP contribution is -2.31. The first kappa shape index (κ1) is 12.7. The highest BCUT2D eigenvalue weighted by atomic mass is 16.4. The van der Waals surface area contributed by atoms with Gasteiger partial charge in [-0.05, 0) is 12.3 Å². The lowest BCUT2D eigenvalue weighted by molar-refractivity contribution is -0.141. The molecule has 2 atom stereocenters. The number of carboxylic acid groups (broad SMARTS) is 1. The molecule has 16 heavy (non-hydrogen) atoms. The lowest BCUT2D eigenvalue weighted by atomic mass is 10.1. The van der Waals surface area contributed by atoms with Gasteiger partial charge in [0.25, 0.3) is 0 Å². The van der Waals surface area contributed by atoms with E-state index in [1.54, 1.807) is 11.9 Å². The highest BCUT2D eigenvalue weighted by Crippen LogP contribution is 2.58. The normalized spacial score (nSPS) is 26.0. The molecule has 90 valence electrons. The monoisotopic (exact) mass is 225 g/mol. The van der Waals surface area contributed by atoms with E-state index >= 15 is 0 Å². The highest BCUT2D eigenvalue weighted by molar-refractivity contribution is 5.91. The van der Waals surface area contributed by atoms with Crippen molar-refractivity contribution in [2.75, 3.05) is 13.6 Å². The van der Waals surface area contributed by atoms with Crippen molar-refractivity contribution in [2.24, 2.45) is 17.3 Å². The second-order valence-electron chi connectivity index (χ2n) is 5.27. The van der Waals surface area contributed by atoms with Crippen LogP contribution in [-0.2, 0) is 9.59 Å². The van der Waals surface area contributed by atoms with E-state index in [2.05, 4.69) is 6.58 Å².